The number of esters is 4. The van der Waals surface area contributed by atoms with Crippen LogP contribution in [0.2, 0.25) is 0 Å². The molecule has 0 fully saturated rings. The van der Waals surface area contributed by atoms with Gasteiger partial charge in [0.05, 0.1) is 26.4 Å². The minimum absolute atomic E-state index is 0.211. The average Bonchev–Trinajstić information content (AvgIpc) is 2.77. The van der Waals surface area contributed by atoms with Crippen LogP contribution in [0.1, 0.15) is 133 Å². The zero-order valence-electron chi connectivity index (χ0n) is 25.2. The van der Waals surface area contributed by atoms with E-state index < -0.39 is 0 Å². The standard InChI is InChI=1S/C12H26.4C4H8O2/c1-3-5-7-9-11-12-10-8-6-4-2;4*1-3-6-4(2)5/h3-12H2,1-2H3;4*3H2,1-2H3. The van der Waals surface area contributed by atoms with E-state index in [4.69, 9.17) is 0 Å². The average molecular weight is 523 g/mol. The number of carbonyl (C=O) groups is 4. The zero-order valence-corrected chi connectivity index (χ0v) is 25.2. The molecule has 0 bridgehead atoms. The molecule has 0 aliphatic carbocycles. The topological polar surface area (TPSA) is 105 Å². The predicted molar refractivity (Wildman–Crippen MR) is 147 cm³/mol. The molecule has 0 aliphatic rings. The highest BCUT2D eigenvalue weighted by molar-refractivity contribution is 5.66. The maximum atomic E-state index is 9.82. The highest BCUT2D eigenvalue weighted by Crippen LogP contribution is 2.09. The Morgan fingerprint density at radius 2 is 0.528 bits per heavy atom. The van der Waals surface area contributed by atoms with E-state index in [2.05, 4.69) is 32.8 Å². The Bertz CT molecular complexity index is 390. The van der Waals surface area contributed by atoms with Crippen molar-refractivity contribution in [1.29, 1.82) is 0 Å². The van der Waals surface area contributed by atoms with Gasteiger partial charge in [0.1, 0.15) is 0 Å². The first-order valence-corrected chi connectivity index (χ1v) is 13.5. The molecule has 0 heterocycles. The molecule has 0 amide bonds. The van der Waals surface area contributed by atoms with Crippen LogP contribution < -0.4 is 0 Å². The SMILES string of the molecule is CCCCCCCCCCCC.CCOC(C)=O.CCOC(C)=O.CCOC(C)=O.CCOC(C)=O. The van der Waals surface area contributed by atoms with Crippen LogP contribution in [-0.4, -0.2) is 50.3 Å². The number of ether oxygens (including phenoxy) is 4. The highest BCUT2D eigenvalue weighted by Gasteiger charge is 1.90. The molecule has 0 aromatic heterocycles. The maximum Gasteiger partial charge on any atom is 0.302 e. The van der Waals surface area contributed by atoms with E-state index in [1.54, 1.807) is 27.7 Å². The van der Waals surface area contributed by atoms with Gasteiger partial charge in [-0.15, -0.1) is 0 Å². The molecule has 0 saturated heterocycles. The largest absolute Gasteiger partial charge is 0.466 e. The summed E-state index contributed by atoms with van der Waals surface area (Å²) in [5, 5.41) is 0. The molecule has 0 aliphatic heterocycles. The van der Waals surface area contributed by atoms with E-state index in [0.717, 1.165) is 0 Å². The highest BCUT2D eigenvalue weighted by atomic mass is 16.5. The van der Waals surface area contributed by atoms with E-state index in [1.807, 2.05) is 0 Å². The molecule has 0 unspecified atom stereocenters. The summed E-state index contributed by atoms with van der Waals surface area (Å²) < 4.78 is 17.6. The molecule has 0 aromatic carbocycles. The Balaban J connectivity index is -0.000000116. The van der Waals surface area contributed by atoms with Crippen molar-refractivity contribution < 1.29 is 38.1 Å². The third kappa shape index (κ3) is 85.3. The van der Waals surface area contributed by atoms with Gasteiger partial charge in [-0.2, -0.15) is 0 Å². The summed E-state index contributed by atoms with van der Waals surface area (Å²) in [4.78, 5) is 39.3. The van der Waals surface area contributed by atoms with Crippen LogP contribution in [-0.2, 0) is 38.1 Å². The van der Waals surface area contributed by atoms with Gasteiger partial charge in [-0.1, -0.05) is 78.1 Å². The van der Waals surface area contributed by atoms with Crippen molar-refractivity contribution in [1.82, 2.24) is 0 Å². The molecule has 0 atom stereocenters. The van der Waals surface area contributed by atoms with Gasteiger partial charge >= 0.3 is 23.9 Å². The van der Waals surface area contributed by atoms with Crippen LogP contribution in [0.25, 0.3) is 0 Å². The van der Waals surface area contributed by atoms with Crippen molar-refractivity contribution in [2.75, 3.05) is 26.4 Å². The summed E-state index contributed by atoms with van der Waals surface area (Å²) in [7, 11) is 0. The van der Waals surface area contributed by atoms with Gasteiger partial charge in [0.15, 0.2) is 0 Å². The lowest BCUT2D eigenvalue weighted by atomic mass is 10.1. The normalized spacial score (nSPS) is 8.61. The first-order chi connectivity index (χ1) is 17.0. The van der Waals surface area contributed by atoms with Crippen LogP contribution in [0, 0.1) is 0 Å². The first-order valence-electron chi connectivity index (χ1n) is 13.5. The molecule has 0 radical (unpaired) electrons. The molecule has 8 heteroatoms. The number of hydrogen-bond donors (Lipinski definition) is 0. The van der Waals surface area contributed by atoms with E-state index >= 15 is 0 Å². The second-order valence-electron chi connectivity index (χ2n) is 7.53. The Kier molecular flexibility index (Phi) is 52.4. The summed E-state index contributed by atoms with van der Waals surface area (Å²) in [5.41, 5.74) is 0. The lowest BCUT2D eigenvalue weighted by Crippen LogP contribution is -1.95. The first kappa shape index (κ1) is 43.9. The van der Waals surface area contributed by atoms with E-state index in [-0.39, 0.29) is 23.9 Å². The molecule has 8 nitrogen and oxygen atoms in total. The lowest BCUT2D eigenvalue weighted by Gasteiger charge is -1.99. The second-order valence-corrected chi connectivity index (χ2v) is 7.53. The van der Waals surface area contributed by atoms with Crippen molar-refractivity contribution >= 4 is 23.9 Å². The minimum atomic E-state index is -0.211. The van der Waals surface area contributed by atoms with Gasteiger partial charge < -0.3 is 18.9 Å². The molecule has 0 spiro atoms. The second kappa shape index (κ2) is 43.0. The lowest BCUT2D eigenvalue weighted by molar-refractivity contribution is -0.141. The fourth-order valence-electron chi connectivity index (χ4n) is 2.37. The van der Waals surface area contributed by atoms with E-state index in [0.29, 0.717) is 26.4 Å². The Morgan fingerprint density at radius 1 is 0.361 bits per heavy atom. The Labute approximate surface area is 222 Å². The number of unbranched alkanes of at least 4 members (excludes halogenated alkanes) is 9. The molecular formula is C28H58O8. The predicted octanol–water partition coefficient (Wildman–Crippen LogP) is 7.20. The molecule has 0 saturated carbocycles. The van der Waals surface area contributed by atoms with Gasteiger partial charge in [0.2, 0.25) is 0 Å². The minimum Gasteiger partial charge on any atom is -0.466 e. The van der Waals surface area contributed by atoms with Crippen LogP contribution in [0.3, 0.4) is 0 Å². The number of rotatable bonds is 13. The molecule has 36 heavy (non-hydrogen) atoms. The summed E-state index contributed by atoms with van der Waals surface area (Å²) in [6, 6.07) is 0. The number of hydrogen-bond acceptors (Lipinski definition) is 8. The fourth-order valence-corrected chi connectivity index (χ4v) is 2.37. The monoisotopic (exact) mass is 522 g/mol. The van der Waals surface area contributed by atoms with Crippen molar-refractivity contribution in [3.05, 3.63) is 0 Å². The van der Waals surface area contributed by atoms with Crippen molar-refractivity contribution in [2.24, 2.45) is 0 Å². The van der Waals surface area contributed by atoms with Crippen molar-refractivity contribution in [3.8, 4) is 0 Å². The Hall–Kier alpha value is -2.12. The Morgan fingerprint density at radius 3 is 0.611 bits per heavy atom. The molecule has 0 aromatic rings. The van der Waals surface area contributed by atoms with E-state index in [9.17, 15) is 19.2 Å². The summed E-state index contributed by atoms with van der Waals surface area (Å²) in [6.07, 6.45) is 14.4. The van der Waals surface area contributed by atoms with Crippen molar-refractivity contribution in [2.45, 2.75) is 133 Å². The smallest absolute Gasteiger partial charge is 0.302 e. The van der Waals surface area contributed by atoms with Crippen molar-refractivity contribution in [3.63, 3.8) is 0 Å². The van der Waals surface area contributed by atoms with E-state index in [1.165, 1.54) is 91.9 Å². The molecule has 218 valence electrons. The summed E-state index contributed by atoms with van der Waals surface area (Å²) in [6.45, 7) is 19.2. The van der Waals surface area contributed by atoms with Gasteiger partial charge in [-0.05, 0) is 27.7 Å². The zero-order chi connectivity index (χ0) is 29.0. The molecular weight excluding hydrogens is 464 g/mol. The summed E-state index contributed by atoms with van der Waals surface area (Å²) in [5.74, 6) is -0.843. The van der Waals surface area contributed by atoms with Gasteiger partial charge in [-0.3, -0.25) is 19.2 Å². The van der Waals surface area contributed by atoms with Crippen LogP contribution >= 0.6 is 0 Å². The van der Waals surface area contributed by atoms with Crippen LogP contribution in [0.15, 0.2) is 0 Å². The van der Waals surface area contributed by atoms with Gasteiger partial charge in [0, 0.05) is 27.7 Å². The quantitative estimate of drug-likeness (QED) is 0.142. The van der Waals surface area contributed by atoms with Gasteiger partial charge in [0.25, 0.3) is 0 Å². The third-order valence-corrected chi connectivity index (χ3v) is 3.85. The third-order valence-electron chi connectivity index (χ3n) is 3.85. The number of carbonyl (C=O) groups excluding carboxylic acids is 4. The maximum absolute atomic E-state index is 9.82. The summed E-state index contributed by atoms with van der Waals surface area (Å²) >= 11 is 0. The fraction of sp³-hybridized carbons (Fsp3) is 0.857. The van der Waals surface area contributed by atoms with Crippen LogP contribution in [0.5, 0.6) is 0 Å². The van der Waals surface area contributed by atoms with Crippen LogP contribution in [0.4, 0.5) is 0 Å². The van der Waals surface area contributed by atoms with Gasteiger partial charge in [-0.25, -0.2) is 0 Å². The molecule has 0 rings (SSSR count). The molecule has 0 N–H and O–H groups in total.